The number of aliphatic carboxylic acids is 1. The molecule has 1 rings (SSSR count). The minimum Gasteiger partial charge on any atom is -0.493 e. The zero-order valence-electron chi connectivity index (χ0n) is 9.97. The monoisotopic (exact) mass is 251 g/mol. The van der Waals surface area contributed by atoms with Gasteiger partial charge in [-0.15, -0.1) is 0 Å². The highest BCUT2D eigenvalue weighted by atomic mass is 16.5. The van der Waals surface area contributed by atoms with Crippen LogP contribution in [0.15, 0.2) is 30.4 Å². The van der Waals surface area contributed by atoms with Crippen LogP contribution in [-0.2, 0) is 9.59 Å². The van der Waals surface area contributed by atoms with E-state index in [2.05, 4.69) is 5.32 Å². The smallest absolute Gasteiger partial charge is 0.328 e. The molecule has 1 aromatic rings. The molecule has 0 saturated carbocycles. The lowest BCUT2D eigenvalue weighted by Gasteiger charge is -2.09. The van der Waals surface area contributed by atoms with Gasteiger partial charge in [-0.3, -0.25) is 4.79 Å². The number of ether oxygens (including phenoxy) is 2. The second-order valence-electron chi connectivity index (χ2n) is 3.23. The average Bonchev–Trinajstić information content (AvgIpc) is 2.36. The van der Waals surface area contributed by atoms with Crippen molar-refractivity contribution in [1.82, 2.24) is 0 Å². The van der Waals surface area contributed by atoms with Gasteiger partial charge in [0.25, 0.3) is 0 Å². The van der Waals surface area contributed by atoms with Gasteiger partial charge in [-0.05, 0) is 12.1 Å². The molecule has 96 valence electrons. The van der Waals surface area contributed by atoms with Gasteiger partial charge in [-0.1, -0.05) is 0 Å². The van der Waals surface area contributed by atoms with Crippen LogP contribution in [0.25, 0.3) is 0 Å². The third-order valence-corrected chi connectivity index (χ3v) is 2.03. The predicted octanol–water partition coefficient (Wildman–Crippen LogP) is 1.28. The quantitative estimate of drug-likeness (QED) is 0.770. The lowest BCUT2D eigenvalue weighted by atomic mass is 10.2. The van der Waals surface area contributed by atoms with Crippen LogP contribution in [0, 0.1) is 0 Å². The summed E-state index contributed by atoms with van der Waals surface area (Å²) >= 11 is 0. The summed E-state index contributed by atoms with van der Waals surface area (Å²) in [7, 11) is 2.99. The van der Waals surface area contributed by atoms with Crippen molar-refractivity contribution in [2.45, 2.75) is 0 Å². The molecule has 18 heavy (non-hydrogen) atoms. The van der Waals surface area contributed by atoms with E-state index in [9.17, 15) is 9.59 Å². The first-order valence-corrected chi connectivity index (χ1v) is 5.01. The van der Waals surface area contributed by atoms with Crippen LogP contribution in [0.3, 0.4) is 0 Å². The van der Waals surface area contributed by atoms with Gasteiger partial charge in [0.1, 0.15) is 0 Å². The molecular weight excluding hydrogens is 238 g/mol. The Bertz CT molecular complexity index is 481. The first kappa shape index (κ1) is 13.6. The van der Waals surface area contributed by atoms with Gasteiger partial charge in [0, 0.05) is 23.9 Å². The molecule has 2 N–H and O–H groups in total. The van der Waals surface area contributed by atoms with E-state index in [1.165, 1.54) is 14.2 Å². The van der Waals surface area contributed by atoms with Crippen molar-refractivity contribution in [2.75, 3.05) is 19.5 Å². The number of rotatable bonds is 5. The van der Waals surface area contributed by atoms with Crippen LogP contribution in [0.2, 0.25) is 0 Å². The summed E-state index contributed by atoms with van der Waals surface area (Å²) < 4.78 is 10.1. The molecule has 0 fully saturated rings. The molecule has 0 spiro atoms. The largest absolute Gasteiger partial charge is 0.493 e. The minimum atomic E-state index is -1.18. The third-order valence-electron chi connectivity index (χ3n) is 2.03. The zero-order valence-corrected chi connectivity index (χ0v) is 9.97. The van der Waals surface area contributed by atoms with Gasteiger partial charge in [-0.25, -0.2) is 4.79 Å². The number of carboxylic acids is 1. The summed E-state index contributed by atoms with van der Waals surface area (Å²) in [5, 5.41) is 10.9. The summed E-state index contributed by atoms with van der Waals surface area (Å²) in [4.78, 5) is 21.6. The molecular formula is C12H13NO5. The molecule has 0 bridgehead atoms. The summed E-state index contributed by atoms with van der Waals surface area (Å²) in [6.07, 6.45) is 1.69. The van der Waals surface area contributed by atoms with E-state index < -0.39 is 11.9 Å². The maximum Gasteiger partial charge on any atom is 0.328 e. The minimum absolute atomic E-state index is 0.470. The molecule has 6 nitrogen and oxygen atoms in total. The predicted molar refractivity (Wildman–Crippen MR) is 65.0 cm³/mol. The number of hydrogen-bond acceptors (Lipinski definition) is 4. The van der Waals surface area contributed by atoms with Crippen molar-refractivity contribution >= 4 is 17.6 Å². The van der Waals surface area contributed by atoms with Gasteiger partial charge < -0.3 is 19.9 Å². The molecule has 0 heterocycles. The molecule has 6 heteroatoms. The van der Waals surface area contributed by atoms with Gasteiger partial charge in [0.2, 0.25) is 5.91 Å². The number of benzene rings is 1. The summed E-state index contributed by atoms with van der Waals surface area (Å²) in [6.45, 7) is 0. The summed E-state index contributed by atoms with van der Waals surface area (Å²) in [6, 6.07) is 4.83. The van der Waals surface area contributed by atoms with Crippen LogP contribution in [0.5, 0.6) is 11.5 Å². The van der Waals surface area contributed by atoms with E-state index in [0.717, 1.165) is 12.2 Å². The Morgan fingerprint density at radius 3 is 2.39 bits per heavy atom. The molecule has 0 aromatic heterocycles. The Morgan fingerprint density at radius 2 is 1.83 bits per heavy atom. The van der Waals surface area contributed by atoms with Crippen molar-refractivity contribution in [2.24, 2.45) is 0 Å². The number of amides is 1. The first-order chi connectivity index (χ1) is 8.56. The molecule has 0 radical (unpaired) electrons. The van der Waals surface area contributed by atoms with Crippen molar-refractivity contribution in [3.05, 3.63) is 30.4 Å². The lowest BCUT2D eigenvalue weighted by molar-refractivity contribution is -0.131. The number of carboxylic acid groups (broad SMARTS) is 1. The Balaban J connectivity index is 2.79. The van der Waals surface area contributed by atoms with Crippen molar-refractivity contribution in [3.63, 3.8) is 0 Å². The maximum absolute atomic E-state index is 11.3. The molecule has 0 saturated heterocycles. The van der Waals surface area contributed by atoms with Gasteiger partial charge in [0.05, 0.1) is 14.2 Å². The fourth-order valence-electron chi connectivity index (χ4n) is 1.24. The number of carbonyl (C=O) groups excluding carboxylic acids is 1. The fourth-order valence-corrected chi connectivity index (χ4v) is 1.24. The van der Waals surface area contributed by atoms with Crippen LogP contribution >= 0.6 is 0 Å². The first-order valence-electron chi connectivity index (χ1n) is 5.01. The summed E-state index contributed by atoms with van der Waals surface area (Å²) in [5.41, 5.74) is 0.479. The molecule has 1 amide bonds. The average molecular weight is 251 g/mol. The molecule has 0 atom stereocenters. The van der Waals surface area contributed by atoms with Crippen LogP contribution in [-0.4, -0.2) is 31.2 Å². The maximum atomic E-state index is 11.3. The molecule has 0 aliphatic carbocycles. The highest BCUT2D eigenvalue weighted by Crippen LogP contribution is 2.29. The van der Waals surface area contributed by atoms with E-state index in [0.29, 0.717) is 17.2 Å². The summed E-state index contributed by atoms with van der Waals surface area (Å²) in [5.74, 6) is -0.712. The van der Waals surface area contributed by atoms with E-state index in [-0.39, 0.29) is 0 Å². The van der Waals surface area contributed by atoms with E-state index in [4.69, 9.17) is 14.6 Å². The van der Waals surface area contributed by atoms with Gasteiger partial charge in [0.15, 0.2) is 11.5 Å². The second-order valence-corrected chi connectivity index (χ2v) is 3.23. The molecule has 0 unspecified atom stereocenters. The molecule has 1 aromatic carbocycles. The number of carbonyl (C=O) groups is 2. The normalized spacial score (nSPS) is 10.1. The van der Waals surface area contributed by atoms with Crippen molar-refractivity contribution in [3.8, 4) is 11.5 Å². The fraction of sp³-hybridized carbons (Fsp3) is 0.167. The molecule has 0 aliphatic rings. The Hall–Kier alpha value is -2.50. The van der Waals surface area contributed by atoms with E-state index in [1.807, 2.05) is 0 Å². The highest BCUT2D eigenvalue weighted by Gasteiger charge is 2.05. The number of nitrogens with one attached hydrogen (secondary N) is 1. The number of hydrogen-bond donors (Lipinski definition) is 2. The SMILES string of the molecule is COc1ccc(NC(=O)/C=C\C(=O)O)cc1OC. The van der Waals surface area contributed by atoms with Crippen LogP contribution in [0.4, 0.5) is 5.69 Å². The standard InChI is InChI=1S/C12H13NO5/c1-17-9-4-3-8(7-10(9)18-2)13-11(14)5-6-12(15)16/h3-7H,1-2H3,(H,13,14)(H,15,16)/b6-5-. The van der Waals surface area contributed by atoms with E-state index >= 15 is 0 Å². The Morgan fingerprint density at radius 1 is 1.17 bits per heavy atom. The lowest BCUT2D eigenvalue weighted by Crippen LogP contribution is -2.08. The van der Waals surface area contributed by atoms with Gasteiger partial charge in [-0.2, -0.15) is 0 Å². The third kappa shape index (κ3) is 3.82. The Labute approximate surface area is 104 Å². The zero-order chi connectivity index (χ0) is 13.5. The molecule has 0 aliphatic heterocycles. The van der Waals surface area contributed by atoms with Crippen molar-refractivity contribution < 1.29 is 24.2 Å². The van der Waals surface area contributed by atoms with Crippen LogP contribution in [0.1, 0.15) is 0 Å². The Kier molecular flexibility index (Phi) is 4.74. The topological polar surface area (TPSA) is 84.9 Å². The number of anilines is 1. The van der Waals surface area contributed by atoms with Crippen LogP contribution < -0.4 is 14.8 Å². The number of methoxy groups -OCH3 is 2. The second kappa shape index (κ2) is 6.29. The van der Waals surface area contributed by atoms with E-state index in [1.54, 1.807) is 18.2 Å². The van der Waals surface area contributed by atoms with Gasteiger partial charge >= 0.3 is 5.97 Å². The highest BCUT2D eigenvalue weighted by molar-refractivity contribution is 6.02. The van der Waals surface area contributed by atoms with Crippen molar-refractivity contribution in [1.29, 1.82) is 0 Å².